The van der Waals surface area contributed by atoms with Crippen LogP contribution in [0.1, 0.15) is 15.9 Å². The lowest BCUT2D eigenvalue weighted by atomic mass is 10.1. The first-order valence-corrected chi connectivity index (χ1v) is 6.46. The molecule has 0 bridgehead atoms. The van der Waals surface area contributed by atoms with Gasteiger partial charge in [0.05, 0.1) is 18.1 Å². The van der Waals surface area contributed by atoms with Crippen molar-refractivity contribution >= 4 is 28.3 Å². The van der Waals surface area contributed by atoms with Crippen LogP contribution in [-0.4, -0.2) is 10.9 Å². The molecule has 2 heterocycles. The zero-order valence-corrected chi connectivity index (χ0v) is 11.2. The molecule has 0 unspecified atom stereocenters. The Balaban J connectivity index is 1.90. The van der Waals surface area contributed by atoms with Crippen LogP contribution in [0.15, 0.2) is 53.5 Å². The first-order chi connectivity index (χ1) is 9.75. The molecule has 0 aliphatic rings. The van der Waals surface area contributed by atoms with E-state index in [9.17, 15) is 4.79 Å². The summed E-state index contributed by atoms with van der Waals surface area (Å²) < 4.78 is 4.96. The van der Waals surface area contributed by atoms with Gasteiger partial charge in [0.15, 0.2) is 0 Å². The minimum Gasteiger partial charge on any atom is -0.472 e. The van der Waals surface area contributed by atoms with E-state index < -0.39 is 0 Å². The van der Waals surface area contributed by atoms with Gasteiger partial charge in [-0.25, -0.2) is 4.98 Å². The molecule has 1 N–H and O–H groups in total. The smallest absolute Gasteiger partial charge is 0.253 e. The molecule has 4 nitrogen and oxygen atoms in total. The lowest BCUT2D eigenvalue weighted by Crippen LogP contribution is -2.23. The molecular weight excluding hydrogens is 276 g/mol. The van der Waals surface area contributed by atoms with Crippen LogP contribution in [0.4, 0.5) is 0 Å². The first-order valence-electron chi connectivity index (χ1n) is 6.08. The Kier molecular flexibility index (Phi) is 3.39. The van der Waals surface area contributed by atoms with Crippen molar-refractivity contribution in [3.63, 3.8) is 0 Å². The van der Waals surface area contributed by atoms with Crippen molar-refractivity contribution in [2.24, 2.45) is 0 Å². The van der Waals surface area contributed by atoms with Crippen molar-refractivity contribution < 1.29 is 9.21 Å². The average molecular weight is 287 g/mol. The fraction of sp³-hybridized carbons (Fsp3) is 0.0667. The van der Waals surface area contributed by atoms with Gasteiger partial charge in [-0.3, -0.25) is 4.79 Å². The molecule has 1 amide bonds. The van der Waals surface area contributed by atoms with E-state index in [1.165, 1.54) is 6.20 Å². The molecule has 3 aromatic rings. The van der Waals surface area contributed by atoms with E-state index in [0.717, 1.165) is 16.3 Å². The fourth-order valence-electron chi connectivity index (χ4n) is 2.01. The summed E-state index contributed by atoms with van der Waals surface area (Å²) in [6, 6.07) is 9.24. The number of benzene rings is 1. The van der Waals surface area contributed by atoms with Gasteiger partial charge in [-0.05, 0) is 11.5 Å². The number of pyridine rings is 1. The van der Waals surface area contributed by atoms with E-state index in [2.05, 4.69) is 10.3 Å². The maximum Gasteiger partial charge on any atom is 0.253 e. The molecule has 3 rings (SSSR count). The number of nitrogens with one attached hydrogen (secondary N) is 1. The summed E-state index contributed by atoms with van der Waals surface area (Å²) in [5.74, 6) is -0.188. The molecule has 0 spiro atoms. The zero-order chi connectivity index (χ0) is 13.9. The highest BCUT2D eigenvalue weighted by Crippen LogP contribution is 2.24. The predicted molar refractivity (Wildman–Crippen MR) is 76.6 cm³/mol. The zero-order valence-electron chi connectivity index (χ0n) is 10.5. The van der Waals surface area contributed by atoms with Crippen LogP contribution < -0.4 is 5.32 Å². The topological polar surface area (TPSA) is 55.1 Å². The van der Waals surface area contributed by atoms with Crippen LogP contribution >= 0.6 is 11.6 Å². The number of furan rings is 1. The molecule has 0 radical (unpaired) electrons. The molecule has 100 valence electrons. The molecule has 20 heavy (non-hydrogen) atoms. The van der Waals surface area contributed by atoms with Gasteiger partial charge in [-0.15, -0.1) is 0 Å². The van der Waals surface area contributed by atoms with Crippen molar-refractivity contribution in [2.45, 2.75) is 6.54 Å². The average Bonchev–Trinajstić information content (AvgIpc) is 2.99. The molecule has 5 heteroatoms. The Hall–Kier alpha value is -2.33. The Morgan fingerprint density at radius 3 is 2.80 bits per heavy atom. The number of carbonyl (C=O) groups excluding carboxylic acids is 1. The molecular formula is C15H11ClN2O2. The first kappa shape index (κ1) is 12.7. The highest BCUT2D eigenvalue weighted by atomic mass is 35.5. The van der Waals surface area contributed by atoms with Crippen LogP contribution in [0, 0.1) is 0 Å². The van der Waals surface area contributed by atoms with Crippen molar-refractivity contribution in [1.82, 2.24) is 10.3 Å². The number of amides is 1. The summed E-state index contributed by atoms with van der Waals surface area (Å²) >= 11 is 6.04. The number of rotatable bonds is 3. The molecule has 0 aliphatic carbocycles. The van der Waals surface area contributed by atoms with Gasteiger partial charge in [0.1, 0.15) is 5.15 Å². The molecule has 0 aliphatic heterocycles. The van der Waals surface area contributed by atoms with E-state index >= 15 is 0 Å². The summed E-state index contributed by atoms with van der Waals surface area (Å²) in [4.78, 5) is 16.3. The van der Waals surface area contributed by atoms with Gasteiger partial charge in [-0.2, -0.15) is 0 Å². The van der Waals surface area contributed by atoms with Crippen molar-refractivity contribution in [1.29, 1.82) is 0 Å². The number of nitrogens with zero attached hydrogens (tertiary/aromatic N) is 1. The fourth-order valence-corrected chi connectivity index (χ4v) is 2.22. The number of hydrogen-bond acceptors (Lipinski definition) is 3. The van der Waals surface area contributed by atoms with Crippen molar-refractivity contribution in [2.75, 3.05) is 0 Å². The summed E-state index contributed by atoms with van der Waals surface area (Å²) in [5, 5.41) is 4.78. The second kappa shape index (κ2) is 5.35. The number of carbonyl (C=O) groups is 1. The van der Waals surface area contributed by atoms with Crippen LogP contribution in [-0.2, 0) is 6.54 Å². The minimum atomic E-state index is -0.188. The van der Waals surface area contributed by atoms with Crippen LogP contribution in [0.2, 0.25) is 5.15 Å². The summed E-state index contributed by atoms with van der Waals surface area (Å²) in [7, 11) is 0. The van der Waals surface area contributed by atoms with Gasteiger partial charge >= 0.3 is 0 Å². The van der Waals surface area contributed by atoms with Gasteiger partial charge < -0.3 is 9.73 Å². The highest BCUT2D eigenvalue weighted by Gasteiger charge is 2.12. The Morgan fingerprint density at radius 2 is 2.05 bits per heavy atom. The van der Waals surface area contributed by atoms with Crippen LogP contribution in [0.5, 0.6) is 0 Å². The van der Waals surface area contributed by atoms with E-state index in [4.69, 9.17) is 16.0 Å². The monoisotopic (exact) mass is 286 g/mol. The van der Waals surface area contributed by atoms with Gasteiger partial charge in [0, 0.05) is 23.7 Å². The third-order valence-electron chi connectivity index (χ3n) is 3.02. The molecule has 1 aromatic carbocycles. The maximum atomic E-state index is 12.2. The largest absolute Gasteiger partial charge is 0.472 e. The standard InChI is InChI=1S/C15H11ClN2O2/c16-14-12-4-2-1-3-11(12)13(8-17-14)15(19)18-7-10-5-6-20-9-10/h1-6,8-9H,7H2,(H,18,19). The van der Waals surface area contributed by atoms with Crippen molar-refractivity contribution in [3.05, 3.63) is 65.3 Å². The molecule has 0 fully saturated rings. The third kappa shape index (κ3) is 2.38. The number of aromatic nitrogens is 1. The van der Waals surface area contributed by atoms with Gasteiger partial charge in [-0.1, -0.05) is 35.9 Å². The van der Waals surface area contributed by atoms with E-state index in [0.29, 0.717) is 17.3 Å². The molecule has 0 saturated carbocycles. The number of hydrogen-bond donors (Lipinski definition) is 1. The third-order valence-corrected chi connectivity index (χ3v) is 3.33. The lowest BCUT2D eigenvalue weighted by Gasteiger charge is -2.07. The summed E-state index contributed by atoms with van der Waals surface area (Å²) in [6.45, 7) is 0.409. The second-order valence-electron chi connectivity index (χ2n) is 4.32. The van der Waals surface area contributed by atoms with Gasteiger partial charge in [0.2, 0.25) is 0 Å². The SMILES string of the molecule is O=C(NCc1ccoc1)c1cnc(Cl)c2ccccc12. The Labute approximate surface area is 120 Å². The highest BCUT2D eigenvalue weighted by molar-refractivity contribution is 6.34. The van der Waals surface area contributed by atoms with E-state index in [-0.39, 0.29) is 5.91 Å². The van der Waals surface area contributed by atoms with E-state index in [1.54, 1.807) is 18.6 Å². The van der Waals surface area contributed by atoms with Gasteiger partial charge in [0.25, 0.3) is 5.91 Å². The Morgan fingerprint density at radius 1 is 1.25 bits per heavy atom. The predicted octanol–water partition coefficient (Wildman–Crippen LogP) is 3.41. The second-order valence-corrected chi connectivity index (χ2v) is 4.68. The maximum absolute atomic E-state index is 12.2. The number of halogens is 1. The molecule has 0 saturated heterocycles. The Bertz CT molecular complexity index is 754. The quantitative estimate of drug-likeness (QED) is 0.751. The molecule has 2 aromatic heterocycles. The van der Waals surface area contributed by atoms with Crippen molar-refractivity contribution in [3.8, 4) is 0 Å². The number of fused-ring (bicyclic) bond motifs is 1. The van der Waals surface area contributed by atoms with E-state index in [1.807, 2.05) is 24.3 Å². The lowest BCUT2D eigenvalue weighted by molar-refractivity contribution is 0.0952. The summed E-state index contributed by atoms with van der Waals surface area (Å²) in [5.41, 5.74) is 1.41. The van der Waals surface area contributed by atoms with Crippen LogP contribution in [0.3, 0.4) is 0 Å². The normalized spacial score (nSPS) is 10.7. The minimum absolute atomic E-state index is 0.188. The summed E-state index contributed by atoms with van der Waals surface area (Å²) in [6.07, 6.45) is 4.66. The molecule has 0 atom stereocenters. The van der Waals surface area contributed by atoms with Crippen LogP contribution in [0.25, 0.3) is 10.8 Å².